The fourth-order valence-corrected chi connectivity index (χ4v) is 1.79. The van der Waals surface area contributed by atoms with Gasteiger partial charge in [-0.1, -0.05) is 19.0 Å². The van der Waals surface area contributed by atoms with Crippen LogP contribution >= 0.6 is 0 Å². The molecule has 2 heterocycles. The molecule has 1 aliphatic rings. The molecule has 1 unspecified atom stereocenters. The number of rotatable bonds is 2. The molecule has 0 spiro atoms. The lowest BCUT2D eigenvalue weighted by atomic mass is 10.1. The molecule has 14 heavy (non-hydrogen) atoms. The quantitative estimate of drug-likeness (QED) is 0.719. The summed E-state index contributed by atoms with van der Waals surface area (Å²) in [5, 5.41) is 4.04. The number of hydrogen-bond acceptors (Lipinski definition) is 4. The Hall–Kier alpha value is -0.900. The molecule has 1 aromatic rings. The lowest BCUT2D eigenvalue weighted by Crippen LogP contribution is -2.13. The summed E-state index contributed by atoms with van der Waals surface area (Å²) in [6.45, 7) is 6.32. The first-order chi connectivity index (χ1) is 6.66. The summed E-state index contributed by atoms with van der Waals surface area (Å²) in [6, 6.07) is 0. The van der Waals surface area contributed by atoms with Gasteiger partial charge in [-0.3, -0.25) is 0 Å². The molecule has 1 saturated heterocycles. The molecular formula is C10H17N3O. The minimum absolute atomic E-state index is 0.329. The van der Waals surface area contributed by atoms with Crippen LogP contribution in [0.1, 0.15) is 43.8 Å². The van der Waals surface area contributed by atoms with Crippen molar-refractivity contribution in [3.63, 3.8) is 0 Å². The second-order valence-corrected chi connectivity index (χ2v) is 4.39. The Balaban J connectivity index is 2.09. The molecule has 4 heteroatoms. The number of likely N-dealkylation sites (tertiary alicyclic amines) is 1. The molecule has 0 bridgehead atoms. The molecule has 1 aliphatic heterocycles. The van der Waals surface area contributed by atoms with E-state index in [1.165, 1.54) is 0 Å². The van der Waals surface area contributed by atoms with Crippen molar-refractivity contribution in [1.82, 2.24) is 15.0 Å². The van der Waals surface area contributed by atoms with Gasteiger partial charge in [0.2, 0.25) is 5.89 Å². The summed E-state index contributed by atoms with van der Waals surface area (Å²) in [5.74, 6) is 2.44. The van der Waals surface area contributed by atoms with Gasteiger partial charge in [0, 0.05) is 18.4 Å². The van der Waals surface area contributed by atoms with Crippen LogP contribution < -0.4 is 0 Å². The van der Waals surface area contributed by atoms with Gasteiger partial charge in [0.15, 0.2) is 5.82 Å². The molecule has 78 valence electrons. The van der Waals surface area contributed by atoms with Gasteiger partial charge in [-0.2, -0.15) is 4.98 Å². The smallest absolute Gasteiger partial charge is 0.229 e. The zero-order valence-electron chi connectivity index (χ0n) is 9.03. The Labute approximate surface area is 84.3 Å². The second-order valence-electron chi connectivity index (χ2n) is 4.39. The lowest BCUT2D eigenvalue weighted by molar-refractivity contribution is 0.356. The largest absolute Gasteiger partial charge is 0.339 e. The van der Waals surface area contributed by atoms with Crippen LogP contribution in [0.15, 0.2) is 4.52 Å². The summed E-state index contributed by atoms with van der Waals surface area (Å²) in [4.78, 5) is 6.72. The summed E-state index contributed by atoms with van der Waals surface area (Å²) < 4.78 is 5.19. The number of aromatic nitrogens is 2. The highest BCUT2D eigenvalue weighted by Gasteiger charge is 2.25. The van der Waals surface area contributed by atoms with E-state index in [4.69, 9.17) is 4.52 Å². The normalized spacial score (nSPS) is 23.6. The molecule has 0 saturated carbocycles. The van der Waals surface area contributed by atoms with E-state index in [-0.39, 0.29) is 0 Å². The van der Waals surface area contributed by atoms with Crippen LogP contribution in [-0.2, 0) is 0 Å². The standard InChI is InChI=1S/C10H17N3O/c1-7(2)10-11-9(12-14-10)8-4-5-13(3)6-8/h7-8H,4-6H2,1-3H3. The summed E-state index contributed by atoms with van der Waals surface area (Å²) >= 11 is 0. The van der Waals surface area contributed by atoms with E-state index in [9.17, 15) is 0 Å². The van der Waals surface area contributed by atoms with Crippen LogP contribution in [-0.4, -0.2) is 35.2 Å². The SMILES string of the molecule is CC(C)c1nc(C2CCN(C)C2)no1. The third-order valence-corrected chi connectivity index (χ3v) is 2.71. The van der Waals surface area contributed by atoms with Crippen LogP contribution in [0, 0.1) is 0 Å². The molecule has 0 aromatic carbocycles. The van der Waals surface area contributed by atoms with Gasteiger partial charge in [-0.15, -0.1) is 0 Å². The Bertz CT molecular complexity index is 308. The number of nitrogens with zero attached hydrogens (tertiary/aromatic N) is 3. The number of likely N-dealkylation sites (N-methyl/N-ethyl adjacent to an activating group) is 1. The molecular weight excluding hydrogens is 178 g/mol. The molecule has 2 rings (SSSR count). The fourth-order valence-electron chi connectivity index (χ4n) is 1.79. The van der Waals surface area contributed by atoms with Gasteiger partial charge in [-0.05, 0) is 20.0 Å². The third kappa shape index (κ3) is 1.80. The maximum atomic E-state index is 5.19. The first kappa shape index (κ1) is 9.65. The van der Waals surface area contributed by atoms with Crippen LogP contribution in [0.2, 0.25) is 0 Å². The van der Waals surface area contributed by atoms with E-state index in [2.05, 4.69) is 35.9 Å². The van der Waals surface area contributed by atoms with Crippen LogP contribution in [0.4, 0.5) is 0 Å². The summed E-state index contributed by atoms with van der Waals surface area (Å²) in [7, 11) is 2.13. The highest BCUT2D eigenvalue weighted by atomic mass is 16.5. The predicted octanol–water partition coefficient (Wildman–Crippen LogP) is 1.61. The molecule has 4 nitrogen and oxygen atoms in total. The lowest BCUT2D eigenvalue weighted by Gasteiger charge is -2.05. The van der Waals surface area contributed by atoms with Gasteiger partial charge in [-0.25, -0.2) is 0 Å². The van der Waals surface area contributed by atoms with Gasteiger partial charge in [0.1, 0.15) is 0 Å². The van der Waals surface area contributed by atoms with E-state index in [1.54, 1.807) is 0 Å². The van der Waals surface area contributed by atoms with E-state index >= 15 is 0 Å². The van der Waals surface area contributed by atoms with E-state index in [0.29, 0.717) is 11.8 Å². The van der Waals surface area contributed by atoms with Crippen molar-refractivity contribution in [2.75, 3.05) is 20.1 Å². The van der Waals surface area contributed by atoms with Crippen molar-refractivity contribution in [1.29, 1.82) is 0 Å². The van der Waals surface area contributed by atoms with Crippen molar-refractivity contribution in [2.45, 2.75) is 32.1 Å². The minimum Gasteiger partial charge on any atom is -0.339 e. The minimum atomic E-state index is 0.329. The van der Waals surface area contributed by atoms with Crippen molar-refractivity contribution in [3.8, 4) is 0 Å². The van der Waals surface area contributed by atoms with Crippen LogP contribution in [0.25, 0.3) is 0 Å². The van der Waals surface area contributed by atoms with Crippen molar-refractivity contribution < 1.29 is 4.52 Å². The van der Waals surface area contributed by atoms with Gasteiger partial charge < -0.3 is 9.42 Å². The van der Waals surface area contributed by atoms with Crippen LogP contribution in [0.5, 0.6) is 0 Å². The monoisotopic (exact) mass is 195 g/mol. The Kier molecular flexibility index (Phi) is 2.54. The van der Waals surface area contributed by atoms with Crippen molar-refractivity contribution in [2.24, 2.45) is 0 Å². The van der Waals surface area contributed by atoms with E-state index in [0.717, 1.165) is 31.2 Å². The van der Waals surface area contributed by atoms with E-state index < -0.39 is 0 Å². The fraction of sp³-hybridized carbons (Fsp3) is 0.800. The second kappa shape index (κ2) is 3.69. The highest BCUT2D eigenvalue weighted by molar-refractivity contribution is 5.01. The first-order valence-corrected chi connectivity index (χ1v) is 5.19. The zero-order chi connectivity index (χ0) is 10.1. The summed E-state index contributed by atoms with van der Waals surface area (Å²) in [5.41, 5.74) is 0. The average Bonchev–Trinajstić information content (AvgIpc) is 2.70. The maximum absolute atomic E-state index is 5.19. The highest BCUT2D eigenvalue weighted by Crippen LogP contribution is 2.24. The Morgan fingerprint density at radius 1 is 1.50 bits per heavy atom. The van der Waals surface area contributed by atoms with E-state index in [1.807, 2.05) is 0 Å². The van der Waals surface area contributed by atoms with Crippen molar-refractivity contribution >= 4 is 0 Å². The predicted molar refractivity (Wildman–Crippen MR) is 53.2 cm³/mol. The molecule has 0 amide bonds. The Morgan fingerprint density at radius 3 is 2.79 bits per heavy atom. The summed E-state index contributed by atoms with van der Waals surface area (Å²) in [6.07, 6.45) is 1.15. The molecule has 1 atom stereocenters. The van der Waals surface area contributed by atoms with Gasteiger partial charge >= 0.3 is 0 Å². The van der Waals surface area contributed by atoms with Gasteiger partial charge in [0.05, 0.1) is 0 Å². The third-order valence-electron chi connectivity index (χ3n) is 2.71. The maximum Gasteiger partial charge on any atom is 0.229 e. The topological polar surface area (TPSA) is 42.2 Å². The number of hydrogen-bond donors (Lipinski definition) is 0. The molecule has 1 fully saturated rings. The average molecular weight is 195 g/mol. The molecule has 0 N–H and O–H groups in total. The first-order valence-electron chi connectivity index (χ1n) is 5.19. The molecule has 0 aliphatic carbocycles. The molecule has 1 aromatic heterocycles. The van der Waals surface area contributed by atoms with Crippen LogP contribution in [0.3, 0.4) is 0 Å². The zero-order valence-corrected chi connectivity index (χ0v) is 9.03. The Morgan fingerprint density at radius 2 is 2.29 bits per heavy atom. The van der Waals surface area contributed by atoms with Crippen molar-refractivity contribution in [3.05, 3.63) is 11.7 Å². The molecule has 0 radical (unpaired) electrons. The van der Waals surface area contributed by atoms with Gasteiger partial charge in [0.25, 0.3) is 0 Å².